The van der Waals surface area contributed by atoms with Crippen molar-refractivity contribution in [1.82, 2.24) is 0 Å². The van der Waals surface area contributed by atoms with Crippen molar-refractivity contribution < 1.29 is 9.47 Å². The maximum absolute atomic E-state index is 6.17. The summed E-state index contributed by atoms with van der Waals surface area (Å²) in [6, 6.07) is 8.14. The molecule has 2 N–H and O–H groups in total. The maximum atomic E-state index is 6.17. The summed E-state index contributed by atoms with van der Waals surface area (Å²) in [5, 5.41) is 0. The Labute approximate surface area is 117 Å². The molecular formula is C14H20BrNO2. The predicted molar refractivity (Wildman–Crippen MR) is 75.5 cm³/mol. The molecule has 1 heterocycles. The standard InChI is InChI=1S/C14H20BrNO2/c1-10(16)14(11-3-2-4-12(15)9-11)18-13-5-7-17-8-6-13/h2-4,9-10,13-14H,5-8,16H2,1H3. The lowest BCUT2D eigenvalue weighted by Crippen LogP contribution is -2.33. The highest BCUT2D eigenvalue weighted by molar-refractivity contribution is 9.10. The van der Waals surface area contributed by atoms with Crippen molar-refractivity contribution in [1.29, 1.82) is 0 Å². The fraction of sp³-hybridized carbons (Fsp3) is 0.571. The summed E-state index contributed by atoms with van der Waals surface area (Å²) in [7, 11) is 0. The van der Waals surface area contributed by atoms with Crippen molar-refractivity contribution in [3.8, 4) is 0 Å². The molecule has 1 fully saturated rings. The van der Waals surface area contributed by atoms with Crippen molar-refractivity contribution in [2.24, 2.45) is 5.73 Å². The third kappa shape index (κ3) is 3.79. The van der Waals surface area contributed by atoms with Crippen LogP contribution in [0.1, 0.15) is 31.4 Å². The lowest BCUT2D eigenvalue weighted by Gasteiger charge is -2.30. The van der Waals surface area contributed by atoms with Crippen LogP contribution in [-0.2, 0) is 9.47 Å². The lowest BCUT2D eigenvalue weighted by molar-refractivity contribution is -0.0758. The Morgan fingerprint density at radius 3 is 2.72 bits per heavy atom. The van der Waals surface area contributed by atoms with Gasteiger partial charge in [0.25, 0.3) is 0 Å². The second-order valence-corrected chi connectivity index (χ2v) is 5.70. The van der Waals surface area contributed by atoms with Gasteiger partial charge in [-0.2, -0.15) is 0 Å². The van der Waals surface area contributed by atoms with E-state index in [0.717, 1.165) is 36.1 Å². The SMILES string of the molecule is CC(N)C(OC1CCOCC1)c1cccc(Br)c1. The zero-order valence-corrected chi connectivity index (χ0v) is 12.2. The van der Waals surface area contributed by atoms with Crippen LogP contribution in [0.4, 0.5) is 0 Å². The van der Waals surface area contributed by atoms with E-state index in [0.29, 0.717) is 0 Å². The van der Waals surface area contributed by atoms with E-state index < -0.39 is 0 Å². The first kappa shape index (κ1) is 14.0. The van der Waals surface area contributed by atoms with Gasteiger partial charge in [-0.15, -0.1) is 0 Å². The minimum atomic E-state index is -0.0504. The topological polar surface area (TPSA) is 44.5 Å². The summed E-state index contributed by atoms with van der Waals surface area (Å²) < 4.78 is 12.6. The molecule has 1 aliphatic rings. The van der Waals surface area contributed by atoms with E-state index in [-0.39, 0.29) is 18.2 Å². The second kappa shape index (κ2) is 6.66. The van der Waals surface area contributed by atoms with Crippen LogP contribution < -0.4 is 5.73 Å². The maximum Gasteiger partial charge on any atom is 0.0977 e. The molecule has 4 heteroatoms. The van der Waals surface area contributed by atoms with Crippen molar-refractivity contribution in [3.63, 3.8) is 0 Å². The lowest BCUT2D eigenvalue weighted by atomic mass is 10.0. The third-order valence-electron chi connectivity index (χ3n) is 3.16. The van der Waals surface area contributed by atoms with E-state index >= 15 is 0 Å². The minimum Gasteiger partial charge on any atom is -0.381 e. The van der Waals surface area contributed by atoms with Gasteiger partial charge in [-0.05, 0) is 37.5 Å². The molecule has 18 heavy (non-hydrogen) atoms. The first-order valence-corrected chi connectivity index (χ1v) is 7.20. The Morgan fingerprint density at radius 1 is 1.39 bits per heavy atom. The number of hydrogen-bond donors (Lipinski definition) is 1. The number of hydrogen-bond acceptors (Lipinski definition) is 3. The number of benzene rings is 1. The van der Waals surface area contributed by atoms with E-state index in [2.05, 4.69) is 28.1 Å². The van der Waals surface area contributed by atoms with E-state index in [4.69, 9.17) is 15.2 Å². The average molecular weight is 314 g/mol. The number of ether oxygens (including phenoxy) is 2. The van der Waals surface area contributed by atoms with Crippen LogP contribution in [0, 0.1) is 0 Å². The minimum absolute atomic E-state index is 0.0258. The smallest absolute Gasteiger partial charge is 0.0977 e. The largest absolute Gasteiger partial charge is 0.381 e. The Morgan fingerprint density at radius 2 is 2.11 bits per heavy atom. The molecule has 1 aromatic carbocycles. The van der Waals surface area contributed by atoms with E-state index in [9.17, 15) is 0 Å². The average Bonchev–Trinajstić information content (AvgIpc) is 2.37. The van der Waals surface area contributed by atoms with E-state index in [1.165, 1.54) is 0 Å². The Balaban J connectivity index is 2.07. The molecule has 1 saturated heterocycles. The van der Waals surface area contributed by atoms with Crippen LogP contribution in [0.3, 0.4) is 0 Å². The molecule has 0 saturated carbocycles. The van der Waals surface area contributed by atoms with Gasteiger partial charge in [0, 0.05) is 23.7 Å². The second-order valence-electron chi connectivity index (χ2n) is 4.78. The molecule has 0 amide bonds. The first-order valence-electron chi connectivity index (χ1n) is 6.41. The number of rotatable bonds is 4. The van der Waals surface area contributed by atoms with Crippen LogP contribution >= 0.6 is 15.9 Å². The van der Waals surface area contributed by atoms with E-state index in [1.807, 2.05) is 19.1 Å². The van der Waals surface area contributed by atoms with Crippen LogP contribution in [0.2, 0.25) is 0 Å². The molecule has 0 bridgehead atoms. The van der Waals surface area contributed by atoms with Gasteiger partial charge in [0.15, 0.2) is 0 Å². The Kier molecular flexibility index (Phi) is 5.18. The molecule has 1 aromatic rings. The molecule has 2 unspecified atom stereocenters. The molecule has 3 nitrogen and oxygen atoms in total. The predicted octanol–water partition coefficient (Wildman–Crippen LogP) is 3.03. The molecular weight excluding hydrogens is 294 g/mol. The van der Waals surface area contributed by atoms with Gasteiger partial charge in [-0.25, -0.2) is 0 Å². The van der Waals surface area contributed by atoms with Crippen LogP contribution in [0.25, 0.3) is 0 Å². The van der Waals surface area contributed by atoms with Gasteiger partial charge >= 0.3 is 0 Å². The van der Waals surface area contributed by atoms with Crippen LogP contribution in [-0.4, -0.2) is 25.4 Å². The summed E-state index contributed by atoms with van der Waals surface area (Å²) in [6.07, 6.45) is 2.12. The highest BCUT2D eigenvalue weighted by Crippen LogP contribution is 2.27. The summed E-state index contributed by atoms with van der Waals surface area (Å²) in [5.41, 5.74) is 7.19. The van der Waals surface area contributed by atoms with E-state index in [1.54, 1.807) is 0 Å². The molecule has 0 spiro atoms. The first-order chi connectivity index (χ1) is 8.66. The molecule has 100 valence electrons. The van der Waals surface area contributed by atoms with Gasteiger partial charge in [-0.1, -0.05) is 28.1 Å². The molecule has 0 radical (unpaired) electrons. The fourth-order valence-electron chi connectivity index (χ4n) is 2.21. The highest BCUT2D eigenvalue weighted by Gasteiger charge is 2.23. The van der Waals surface area contributed by atoms with Crippen molar-refractivity contribution >= 4 is 15.9 Å². The van der Waals surface area contributed by atoms with Crippen molar-refractivity contribution in [2.45, 2.75) is 38.0 Å². The van der Waals surface area contributed by atoms with Gasteiger partial charge < -0.3 is 15.2 Å². The van der Waals surface area contributed by atoms with Gasteiger partial charge in [0.1, 0.15) is 0 Å². The quantitative estimate of drug-likeness (QED) is 0.929. The summed E-state index contributed by atoms with van der Waals surface area (Å²) in [6.45, 7) is 3.56. The van der Waals surface area contributed by atoms with Crippen molar-refractivity contribution in [2.75, 3.05) is 13.2 Å². The molecule has 1 aliphatic heterocycles. The van der Waals surface area contributed by atoms with Gasteiger partial charge in [0.05, 0.1) is 12.2 Å². The molecule has 0 aromatic heterocycles. The third-order valence-corrected chi connectivity index (χ3v) is 3.66. The fourth-order valence-corrected chi connectivity index (χ4v) is 2.63. The van der Waals surface area contributed by atoms with Crippen LogP contribution in [0.15, 0.2) is 28.7 Å². The zero-order valence-electron chi connectivity index (χ0n) is 10.6. The monoisotopic (exact) mass is 313 g/mol. The van der Waals surface area contributed by atoms with Crippen molar-refractivity contribution in [3.05, 3.63) is 34.3 Å². The normalized spacial score (nSPS) is 20.6. The van der Waals surface area contributed by atoms with Gasteiger partial charge in [-0.3, -0.25) is 0 Å². The summed E-state index contributed by atoms with van der Waals surface area (Å²) >= 11 is 3.49. The van der Waals surface area contributed by atoms with Crippen LogP contribution in [0.5, 0.6) is 0 Å². The summed E-state index contributed by atoms with van der Waals surface area (Å²) in [5.74, 6) is 0. The molecule has 0 aliphatic carbocycles. The molecule has 2 rings (SSSR count). The number of halogens is 1. The summed E-state index contributed by atoms with van der Waals surface area (Å²) in [4.78, 5) is 0. The molecule has 2 atom stereocenters. The highest BCUT2D eigenvalue weighted by atomic mass is 79.9. The Bertz CT molecular complexity index is 378. The van der Waals surface area contributed by atoms with Gasteiger partial charge in [0.2, 0.25) is 0 Å². The zero-order chi connectivity index (χ0) is 13.0. The number of nitrogens with two attached hydrogens (primary N) is 1. The Hall–Kier alpha value is -0.420.